The average Bonchev–Trinajstić information content (AvgIpc) is 2.28. The summed E-state index contributed by atoms with van der Waals surface area (Å²) in [5, 5.41) is 9.09. The first-order chi connectivity index (χ1) is 8.04. The Labute approximate surface area is 104 Å². The summed E-state index contributed by atoms with van der Waals surface area (Å²) in [7, 11) is 6.20. The SMILES string of the molecule is Cc1ccc(C#N)c(N(C)CCCN(C)C)c1. The van der Waals surface area contributed by atoms with Crippen LogP contribution in [-0.4, -0.2) is 39.1 Å². The van der Waals surface area contributed by atoms with Crippen LogP contribution >= 0.6 is 0 Å². The van der Waals surface area contributed by atoms with Crippen LogP contribution in [0.15, 0.2) is 18.2 Å². The first-order valence-electron chi connectivity index (χ1n) is 5.91. The van der Waals surface area contributed by atoms with Gasteiger partial charge in [-0.05, 0) is 51.7 Å². The van der Waals surface area contributed by atoms with Gasteiger partial charge in [-0.2, -0.15) is 5.26 Å². The molecule has 0 spiro atoms. The molecule has 0 heterocycles. The van der Waals surface area contributed by atoms with Crippen molar-refractivity contribution in [2.75, 3.05) is 39.1 Å². The first-order valence-corrected chi connectivity index (χ1v) is 5.91. The summed E-state index contributed by atoms with van der Waals surface area (Å²) in [6.45, 7) is 4.09. The Balaban J connectivity index is 2.71. The van der Waals surface area contributed by atoms with Gasteiger partial charge in [-0.1, -0.05) is 6.07 Å². The van der Waals surface area contributed by atoms with Crippen molar-refractivity contribution in [3.8, 4) is 6.07 Å². The molecule has 3 heteroatoms. The standard InChI is InChI=1S/C14H21N3/c1-12-6-7-13(11-15)14(10-12)17(4)9-5-8-16(2)3/h6-7,10H,5,8-9H2,1-4H3. The summed E-state index contributed by atoms with van der Waals surface area (Å²) in [6, 6.07) is 8.21. The smallest absolute Gasteiger partial charge is 0.101 e. The Morgan fingerprint density at radius 2 is 1.88 bits per heavy atom. The zero-order valence-electron chi connectivity index (χ0n) is 11.2. The molecule has 17 heavy (non-hydrogen) atoms. The normalized spacial score (nSPS) is 10.4. The minimum Gasteiger partial charge on any atom is -0.373 e. The van der Waals surface area contributed by atoms with Crippen molar-refractivity contribution in [1.29, 1.82) is 5.26 Å². The predicted molar refractivity (Wildman–Crippen MR) is 72.3 cm³/mol. The number of hydrogen-bond acceptors (Lipinski definition) is 3. The monoisotopic (exact) mass is 231 g/mol. The number of rotatable bonds is 5. The third kappa shape index (κ3) is 4.08. The summed E-state index contributed by atoms with van der Waals surface area (Å²) in [5.74, 6) is 0. The van der Waals surface area contributed by atoms with Gasteiger partial charge < -0.3 is 9.80 Å². The molecule has 0 aliphatic rings. The predicted octanol–water partition coefficient (Wildman–Crippen LogP) is 2.25. The molecular formula is C14H21N3. The summed E-state index contributed by atoms with van der Waals surface area (Å²) < 4.78 is 0. The fourth-order valence-corrected chi connectivity index (χ4v) is 1.80. The molecule has 0 fully saturated rings. The molecule has 0 aromatic heterocycles. The van der Waals surface area contributed by atoms with E-state index in [1.807, 2.05) is 19.2 Å². The molecular weight excluding hydrogens is 210 g/mol. The number of nitriles is 1. The third-order valence-electron chi connectivity index (χ3n) is 2.78. The van der Waals surface area contributed by atoms with Crippen molar-refractivity contribution in [3.05, 3.63) is 29.3 Å². The van der Waals surface area contributed by atoms with E-state index in [0.29, 0.717) is 0 Å². The Bertz CT molecular complexity index is 404. The van der Waals surface area contributed by atoms with E-state index in [4.69, 9.17) is 5.26 Å². The number of benzene rings is 1. The fraction of sp³-hybridized carbons (Fsp3) is 0.500. The summed E-state index contributed by atoms with van der Waals surface area (Å²) >= 11 is 0. The number of anilines is 1. The molecule has 0 N–H and O–H groups in total. The second kappa shape index (κ2) is 6.27. The largest absolute Gasteiger partial charge is 0.373 e. The Hall–Kier alpha value is -1.53. The van der Waals surface area contributed by atoms with Gasteiger partial charge in [0.05, 0.1) is 11.3 Å². The molecule has 1 rings (SSSR count). The second-order valence-corrected chi connectivity index (χ2v) is 4.71. The number of nitrogens with zero attached hydrogens (tertiary/aromatic N) is 3. The van der Waals surface area contributed by atoms with E-state index in [2.05, 4.69) is 43.0 Å². The van der Waals surface area contributed by atoms with Crippen LogP contribution in [0.4, 0.5) is 5.69 Å². The van der Waals surface area contributed by atoms with Gasteiger partial charge in [0.25, 0.3) is 0 Å². The minimum atomic E-state index is 0.753. The molecule has 0 aliphatic carbocycles. The van der Waals surface area contributed by atoms with Crippen molar-refractivity contribution < 1.29 is 0 Å². The van der Waals surface area contributed by atoms with Gasteiger partial charge in [-0.3, -0.25) is 0 Å². The van der Waals surface area contributed by atoms with Crippen molar-refractivity contribution in [2.45, 2.75) is 13.3 Å². The van der Waals surface area contributed by atoms with E-state index in [-0.39, 0.29) is 0 Å². The fourth-order valence-electron chi connectivity index (χ4n) is 1.80. The van der Waals surface area contributed by atoms with Gasteiger partial charge in [-0.15, -0.1) is 0 Å². The molecule has 0 unspecified atom stereocenters. The Morgan fingerprint density at radius 1 is 1.18 bits per heavy atom. The lowest BCUT2D eigenvalue weighted by Gasteiger charge is -2.22. The first kappa shape index (κ1) is 13.5. The van der Waals surface area contributed by atoms with Crippen LogP contribution in [-0.2, 0) is 0 Å². The maximum Gasteiger partial charge on any atom is 0.101 e. The maximum atomic E-state index is 9.09. The molecule has 1 aromatic rings. The molecule has 92 valence electrons. The van der Waals surface area contributed by atoms with E-state index in [1.165, 1.54) is 5.56 Å². The zero-order chi connectivity index (χ0) is 12.8. The van der Waals surface area contributed by atoms with Crippen LogP contribution in [0.3, 0.4) is 0 Å². The Morgan fingerprint density at radius 3 is 2.47 bits per heavy atom. The number of aryl methyl sites for hydroxylation is 1. The van der Waals surface area contributed by atoms with Crippen LogP contribution in [0.25, 0.3) is 0 Å². The summed E-state index contributed by atoms with van der Waals surface area (Å²) in [4.78, 5) is 4.34. The highest BCUT2D eigenvalue weighted by molar-refractivity contribution is 5.60. The van der Waals surface area contributed by atoms with Crippen molar-refractivity contribution in [2.24, 2.45) is 0 Å². The van der Waals surface area contributed by atoms with Crippen LogP contribution in [0.1, 0.15) is 17.5 Å². The van der Waals surface area contributed by atoms with E-state index in [9.17, 15) is 0 Å². The highest BCUT2D eigenvalue weighted by Crippen LogP contribution is 2.20. The van der Waals surface area contributed by atoms with Crippen LogP contribution in [0.2, 0.25) is 0 Å². The van der Waals surface area contributed by atoms with E-state index < -0.39 is 0 Å². The van der Waals surface area contributed by atoms with Crippen LogP contribution in [0.5, 0.6) is 0 Å². The molecule has 0 radical (unpaired) electrons. The van der Waals surface area contributed by atoms with E-state index in [1.54, 1.807) is 0 Å². The average molecular weight is 231 g/mol. The van der Waals surface area contributed by atoms with E-state index in [0.717, 1.165) is 30.8 Å². The summed E-state index contributed by atoms with van der Waals surface area (Å²) in [5.41, 5.74) is 2.98. The van der Waals surface area contributed by atoms with Gasteiger partial charge in [0, 0.05) is 13.6 Å². The topological polar surface area (TPSA) is 30.3 Å². The molecule has 0 saturated heterocycles. The lowest BCUT2D eigenvalue weighted by Crippen LogP contribution is -2.24. The maximum absolute atomic E-state index is 9.09. The summed E-state index contributed by atoms with van der Waals surface area (Å²) in [6.07, 6.45) is 1.10. The molecule has 0 bridgehead atoms. The van der Waals surface area contributed by atoms with Crippen molar-refractivity contribution in [1.82, 2.24) is 4.90 Å². The van der Waals surface area contributed by atoms with Crippen molar-refractivity contribution in [3.63, 3.8) is 0 Å². The lowest BCUT2D eigenvalue weighted by atomic mass is 10.1. The quantitative estimate of drug-likeness (QED) is 0.778. The van der Waals surface area contributed by atoms with Gasteiger partial charge in [0.1, 0.15) is 6.07 Å². The van der Waals surface area contributed by atoms with Crippen LogP contribution in [0, 0.1) is 18.3 Å². The molecule has 0 amide bonds. The van der Waals surface area contributed by atoms with Gasteiger partial charge in [0.15, 0.2) is 0 Å². The second-order valence-electron chi connectivity index (χ2n) is 4.71. The molecule has 0 atom stereocenters. The van der Waals surface area contributed by atoms with Crippen molar-refractivity contribution >= 4 is 5.69 Å². The third-order valence-corrected chi connectivity index (χ3v) is 2.78. The van der Waals surface area contributed by atoms with Gasteiger partial charge >= 0.3 is 0 Å². The molecule has 1 aromatic carbocycles. The Kier molecular flexibility index (Phi) is 4.99. The molecule has 0 saturated carbocycles. The minimum absolute atomic E-state index is 0.753. The van der Waals surface area contributed by atoms with E-state index >= 15 is 0 Å². The van der Waals surface area contributed by atoms with Gasteiger partial charge in [-0.25, -0.2) is 0 Å². The zero-order valence-corrected chi connectivity index (χ0v) is 11.2. The molecule has 0 aliphatic heterocycles. The molecule has 3 nitrogen and oxygen atoms in total. The van der Waals surface area contributed by atoms with Gasteiger partial charge in [0.2, 0.25) is 0 Å². The van der Waals surface area contributed by atoms with Crippen LogP contribution < -0.4 is 4.90 Å². The highest BCUT2D eigenvalue weighted by Gasteiger charge is 2.07. The lowest BCUT2D eigenvalue weighted by molar-refractivity contribution is 0.401. The number of hydrogen-bond donors (Lipinski definition) is 0. The highest BCUT2D eigenvalue weighted by atomic mass is 15.1.